The summed E-state index contributed by atoms with van der Waals surface area (Å²) in [6.07, 6.45) is 5.69. The zero-order valence-corrected chi connectivity index (χ0v) is 12.4. The molecule has 0 amide bonds. The molecular formula is C13H18AsN3. The van der Waals surface area contributed by atoms with E-state index in [1.54, 1.807) is 23.0 Å². The molecule has 0 radical (unpaired) electrons. The molecule has 2 N–H and O–H groups in total. The molecule has 1 aromatic heterocycles. The Bertz CT molecular complexity index is 436. The van der Waals surface area contributed by atoms with Gasteiger partial charge in [0.25, 0.3) is 0 Å². The number of nitrogens with zero attached hydrogens (tertiary/aromatic N) is 1. The standard InChI is InChI=1S/C13H18AsN3/c1-2-11(9-13-15-7-8-16-13)17-12-5-3-10(14)4-6-12/h3-8,11,17H,2,9,14H2,1H3,(H,15,16). The van der Waals surface area contributed by atoms with Gasteiger partial charge in [0.1, 0.15) is 0 Å². The number of H-pyrrole nitrogens is 1. The molecule has 0 fully saturated rings. The first-order valence-electron chi connectivity index (χ1n) is 5.88. The van der Waals surface area contributed by atoms with Crippen LogP contribution >= 0.6 is 0 Å². The van der Waals surface area contributed by atoms with Crippen LogP contribution in [0.2, 0.25) is 0 Å². The van der Waals surface area contributed by atoms with Crippen molar-refractivity contribution in [3.63, 3.8) is 0 Å². The Hall–Kier alpha value is -1.21. The molecule has 0 aliphatic rings. The predicted molar refractivity (Wildman–Crippen MR) is 74.6 cm³/mol. The van der Waals surface area contributed by atoms with E-state index in [9.17, 15) is 0 Å². The van der Waals surface area contributed by atoms with Gasteiger partial charge < -0.3 is 0 Å². The summed E-state index contributed by atoms with van der Waals surface area (Å²) in [6, 6.07) is 9.02. The quantitative estimate of drug-likeness (QED) is 0.810. The molecule has 0 bridgehead atoms. The fraction of sp³-hybridized carbons (Fsp3) is 0.308. The van der Waals surface area contributed by atoms with E-state index in [1.807, 2.05) is 6.20 Å². The topological polar surface area (TPSA) is 40.7 Å². The van der Waals surface area contributed by atoms with Gasteiger partial charge in [-0.15, -0.1) is 0 Å². The Morgan fingerprint density at radius 1 is 1.35 bits per heavy atom. The van der Waals surface area contributed by atoms with Crippen molar-refractivity contribution in [1.82, 2.24) is 9.97 Å². The normalized spacial score (nSPS) is 12.4. The van der Waals surface area contributed by atoms with Gasteiger partial charge in [0.2, 0.25) is 0 Å². The van der Waals surface area contributed by atoms with E-state index in [0.29, 0.717) is 6.04 Å². The van der Waals surface area contributed by atoms with Crippen molar-refractivity contribution in [2.75, 3.05) is 5.32 Å². The number of nitrogens with one attached hydrogen (secondary N) is 2. The average molecular weight is 291 g/mol. The van der Waals surface area contributed by atoms with Crippen LogP contribution in [-0.4, -0.2) is 32.9 Å². The third kappa shape index (κ3) is 3.64. The molecule has 90 valence electrons. The van der Waals surface area contributed by atoms with Crippen molar-refractivity contribution in [2.24, 2.45) is 0 Å². The third-order valence-electron chi connectivity index (χ3n) is 2.77. The number of hydrogen-bond donors (Lipinski definition) is 2. The summed E-state index contributed by atoms with van der Waals surface area (Å²) in [6.45, 7) is 2.19. The fourth-order valence-electron chi connectivity index (χ4n) is 1.76. The van der Waals surface area contributed by atoms with E-state index < -0.39 is 0 Å². The van der Waals surface area contributed by atoms with Crippen LogP contribution in [0.3, 0.4) is 0 Å². The van der Waals surface area contributed by atoms with E-state index >= 15 is 0 Å². The van der Waals surface area contributed by atoms with Gasteiger partial charge in [-0.3, -0.25) is 0 Å². The molecule has 0 saturated carbocycles. The average Bonchev–Trinajstić information content (AvgIpc) is 2.84. The monoisotopic (exact) mass is 291 g/mol. The minimum absolute atomic E-state index is 0.425. The maximum atomic E-state index is 4.27. The van der Waals surface area contributed by atoms with Crippen LogP contribution in [0.1, 0.15) is 19.2 Å². The molecule has 2 rings (SSSR count). The molecule has 2 atom stereocenters. The van der Waals surface area contributed by atoms with Crippen LogP contribution in [0, 0.1) is 0 Å². The number of hydrogen-bond acceptors (Lipinski definition) is 2. The summed E-state index contributed by atoms with van der Waals surface area (Å²) in [5, 5.41) is 3.54. The molecule has 17 heavy (non-hydrogen) atoms. The van der Waals surface area contributed by atoms with Crippen LogP contribution in [0.4, 0.5) is 5.69 Å². The molecule has 2 aromatic rings. The molecule has 1 aromatic carbocycles. The van der Waals surface area contributed by atoms with Crippen LogP contribution in [0.5, 0.6) is 0 Å². The molecule has 2 unspecified atom stereocenters. The number of imidazole rings is 1. The van der Waals surface area contributed by atoms with Crippen molar-refractivity contribution in [3.8, 4) is 0 Å². The molecule has 0 spiro atoms. The SMILES string of the molecule is CCC(Cc1ncc[nH]1)Nc1ccc([AsH2])cc1. The Labute approximate surface area is 111 Å². The van der Waals surface area contributed by atoms with Gasteiger partial charge in [-0.1, -0.05) is 0 Å². The fourth-order valence-corrected chi connectivity index (χ4v) is 2.16. The Kier molecular flexibility index (Phi) is 4.27. The Morgan fingerprint density at radius 2 is 2.12 bits per heavy atom. The van der Waals surface area contributed by atoms with Crippen molar-refractivity contribution in [1.29, 1.82) is 0 Å². The van der Waals surface area contributed by atoms with Crippen molar-refractivity contribution in [3.05, 3.63) is 42.5 Å². The second-order valence-corrected chi connectivity index (χ2v) is 5.51. The summed E-state index contributed by atoms with van der Waals surface area (Å²) < 4.78 is 1.35. The first kappa shape index (κ1) is 12.3. The van der Waals surface area contributed by atoms with E-state index in [1.165, 1.54) is 10.0 Å². The van der Waals surface area contributed by atoms with E-state index in [0.717, 1.165) is 18.7 Å². The van der Waals surface area contributed by atoms with E-state index in [-0.39, 0.29) is 0 Å². The molecule has 4 heteroatoms. The van der Waals surface area contributed by atoms with E-state index in [2.05, 4.69) is 46.5 Å². The summed E-state index contributed by atoms with van der Waals surface area (Å²) in [4.78, 5) is 7.41. The third-order valence-corrected chi connectivity index (χ3v) is 3.58. The van der Waals surface area contributed by atoms with Gasteiger partial charge in [0.15, 0.2) is 0 Å². The zero-order chi connectivity index (χ0) is 12.1. The van der Waals surface area contributed by atoms with Crippen molar-refractivity contribution in [2.45, 2.75) is 25.8 Å². The van der Waals surface area contributed by atoms with Gasteiger partial charge in [0, 0.05) is 0 Å². The zero-order valence-electron chi connectivity index (χ0n) is 9.98. The Balaban J connectivity index is 1.97. The number of benzene rings is 1. The first-order chi connectivity index (χ1) is 8.28. The minimum atomic E-state index is 0.425. The maximum absolute atomic E-state index is 4.27. The second kappa shape index (κ2) is 5.92. The van der Waals surface area contributed by atoms with Crippen LogP contribution < -0.4 is 9.67 Å². The molecule has 1 heterocycles. The number of aromatic nitrogens is 2. The van der Waals surface area contributed by atoms with Gasteiger partial charge in [-0.25, -0.2) is 0 Å². The molecule has 0 saturated heterocycles. The number of anilines is 1. The molecule has 3 nitrogen and oxygen atoms in total. The summed E-state index contributed by atoms with van der Waals surface area (Å²) in [5.41, 5.74) is 1.19. The molecule has 0 aliphatic carbocycles. The first-order valence-corrected chi connectivity index (χ1v) is 7.09. The van der Waals surface area contributed by atoms with Crippen molar-refractivity contribution >= 4 is 26.9 Å². The summed E-state index contributed by atoms with van der Waals surface area (Å²) in [5.74, 6) is 1.04. The molecular weight excluding hydrogens is 273 g/mol. The predicted octanol–water partition coefficient (Wildman–Crippen LogP) is 1.10. The van der Waals surface area contributed by atoms with Gasteiger partial charge >= 0.3 is 110 Å². The second-order valence-electron chi connectivity index (χ2n) is 4.11. The van der Waals surface area contributed by atoms with Crippen LogP contribution in [-0.2, 0) is 6.42 Å². The van der Waals surface area contributed by atoms with Gasteiger partial charge in [-0.05, 0) is 0 Å². The van der Waals surface area contributed by atoms with Crippen LogP contribution in [0.25, 0.3) is 0 Å². The van der Waals surface area contributed by atoms with Crippen LogP contribution in [0.15, 0.2) is 36.7 Å². The molecule has 0 aliphatic heterocycles. The summed E-state index contributed by atoms with van der Waals surface area (Å²) in [7, 11) is 0. The Morgan fingerprint density at radius 3 is 2.71 bits per heavy atom. The van der Waals surface area contributed by atoms with Crippen molar-refractivity contribution < 1.29 is 0 Å². The van der Waals surface area contributed by atoms with Gasteiger partial charge in [-0.2, -0.15) is 0 Å². The number of aromatic amines is 1. The number of rotatable bonds is 5. The van der Waals surface area contributed by atoms with E-state index in [4.69, 9.17) is 0 Å². The summed E-state index contributed by atoms with van der Waals surface area (Å²) >= 11 is 1.66. The van der Waals surface area contributed by atoms with Gasteiger partial charge in [0.05, 0.1) is 0 Å².